The summed E-state index contributed by atoms with van der Waals surface area (Å²) in [6, 6.07) is -3.38. The molecule has 7 heteroatoms. The van der Waals surface area contributed by atoms with Crippen LogP contribution in [0.25, 0.3) is 0 Å². The number of unbranched alkanes of at least 4 members (excludes halogenated alkanes) is 15. The van der Waals surface area contributed by atoms with Gasteiger partial charge in [0.2, 0.25) is 0 Å². The van der Waals surface area contributed by atoms with Gasteiger partial charge in [-0.2, -0.15) is 0 Å². The van der Waals surface area contributed by atoms with E-state index in [9.17, 15) is 29.7 Å². The first-order valence-electron chi connectivity index (χ1n) is 16.4. The Kier molecular flexibility index (Phi) is 22.7. The van der Waals surface area contributed by atoms with Gasteiger partial charge in [0.05, 0.1) is 12.5 Å². The molecule has 2 N–H and O–H groups in total. The topological polar surface area (TPSA) is 115 Å². The second-order valence-corrected chi connectivity index (χ2v) is 11.5. The fourth-order valence-corrected chi connectivity index (χ4v) is 6.43. The maximum atomic E-state index is 12.2. The minimum absolute atomic E-state index is 0.128. The average molecular weight is 568 g/mol. The molecule has 0 aromatic rings. The average Bonchev–Trinajstić information content (AvgIpc) is 2.90. The fraction of sp³-hybridized carbons (Fsp3) is 0.848. The first kappa shape index (κ1) is 38.1. The number of rotatable bonds is 28. The highest BCUT2D eigenvalue weighted by atomic mass is 16.4. The molecule has 40 heavy (non-hydrogen) atoms. The summed E-state index contributed by atoms with van der Waals surface area (Å²) in [5.74, 6) is -3.66. The first-order valence-corrected chi connectivity index (χ1v) is 16.4. The van der Waals surface area contributed by atoms with Gasteiger partial charge >= 0.3 is 11.9 Å². The van der Waals surface area contributed by atoms with Crippen LogP contribution in [0.3, 0.4) is 0 Å². The monoisotopic (exact) mass is 567 g/mol. The van der Waals surface area contributed by atoms with Gasteiger partial charge in [-0.15, -0.1) is 0 Å². The smallest absolute Gasteiger partial charge is 0.362 e. The molecule has 0 saturated heterocycles. The van der Waals surface area contributed by atoms with E-state index in [0.29, 0.717) is 6.42 Å². The lowest BCUT2D eigenvalue weighted by Crippen LogP contribution is -2.73. The van der Waals surface area contributed by atoms with Crippen LogP contribution in [0.5, 0.6) is 0 Å². The van der Waals surface area contributed by atoms with E-state index in [2.05, 4.69) is 19.1 Å². The largest absolute Gasteiger partial charge is 0.544 e. The van der Waals surface area contributed by atoms with E-state index in [1.54, 1.807) is 20.8 Å². The first-order chi connectivity index (χ1) is 19.2. The van der Waals surface area contributed by atoms with Gasteiger partial charge in [-0.1, -0.05) is 110 Å². The van der Waals surface area contributed by atoms with Gasteiger partial charge in [-0.25, -0.2) is 9.59 Å². The van der Waals surface area contributed by atoms with Crippen molar-refractivity contribution in [2.45, 2.75) is 174 Å². The molecule has 0 aliphatic carbocycles. The van der Waals surface area contributed by atoms with Crippen molar-refractivity contribution in [2.75, 3.05) is 6.54 Å². The van der Waals surface area contributed by atoms with Crippen molar-refractivity contribution in [2.24, 2.45) is 0 Å². The van der Waals surface area contributed by atoms with Crippen molar-refractivity contribution in [3.05, 3.63) is 12.2 Å². The van der Waals surface area contributed by atoms with E-state index >= 15 is 0 Å². The summed E-state index contributed by atoms with van der Waals surface area (Å²) in [6.45, 7) is 7.52. The molecule has 3 atom stereocenters. The minimum atomic E-state index is -1.37. The predicted molar refractivity (Wildman–Crippen MR) is 161 cm³/mol. The van der Waals surface area contributed by atoms with Gasteiger partial charge in [0.15, 0.2) is 12.1 Å². The zero-order valence-corrected chi connectivity index (χ0v) is 26.2. The second-order valence-electron chi connectivity index (χ2n) is 11.5. The molecule has 3 unspecified atom stereocenters. The van der Waals surface area contributed by atoms with Crippen LogP contribution < -0.4 is 5.11 Å². The van der Waals surface area contributed by atoms with Crippen LogP contribution in [0.2, 0.25) is 0 Å². The van der Waals surface area contributed by atoms with Crippen molar-refractivity contribution in [3.63, 3.8) is 0 Å². The van der Waals surface area contributed by atoms with Crippen LogP contribution in [0.4, 0.5) is 0 Å². The Hall–Kier alpha value is -1.89. The van der Waals surface area contributed by atoms with E-state index in [0.717, 1.165) is 32.1 Å². The van der Waals surface area contributed by atoms with E-state index in [-0.39, 0.29) is 25.8 Å². The Morgan fingerprint density at radius 3 is 1.25 bits per heavy atom. The van der Waals surface area contributed by atoms with Crippen molar-refractivity contribution in [1.82, 2.24) is 0 Å². The van der Waals surface area contributed by atoms with Gasteiger partial charge in [-0.05, 0) is 38.5 Å². The summed E-state index contributed by atoms with van der Waals surface area (Å²) in [5, 5.41) is 32.1. The molecule has 0 radical (unpaired) electrons. The van der Waals surface area contributed by atoms with Crippen molar-refractivity contribution < 1.29 is 34.2 Å². The highest BCUT2D eigenvalue weighted by Crippen LogP contribution is 2.32. The van der Waals surface area contributed by atoms with Crippen LogP contribution in [0, 0.1) is 0 Å². The van der Waals surface area contributed by atoms with Crippen molar-refractivity contribution in [3.8, 4) is 0 Å². The molecule has 234 valence electrons. The molecular formula is C33H61NO6. The Bertz CT molecular complexity index is 652. The molecule has 0 heterocycles. The summed E-state index contributed by atoms with van der Waals surface area (Å²) in [6.07, 6.45) is 25.2. The summed E-state index contributed by atoms with van der Waals surface area (Å²) >= 11 is 0. The standard InChI is InChI=1S/C33H61NO6/c1-5-9-10-11-12-13-14-15-16-17-18-19-20-21-22-23-24-25-26-27-34(28(6-2)31(35)36,29(7-3)32(37)38)30(8-4)33(39)40/h17-18,28-30H,5-16,19-27H2,1-4H3,(H2-,35,36,37,38,39,40)/b18-17+. The van der Waals surface area contributed by atoms with E-state index in [1.807, 2.05) is 0 Å². The number of allylic oxidation sites excluding steroid dienone is 2. The number of aliphatic carboxylic acids is 3. The lowest BCUT2D eigenvalue weighted by Gasteiger charge is -2.51. The molecule has 0 amide bonds. The number of carbonyl (C=O) groups is 3. The molecule has 0 bridgehead atoms. The van der Waals surface area contributed by atoms with Gasteiger partial charge in [0.1, 0.15) is 6.04 Å². The minimum Gasteiger partial charge on any atom is -0.544 e. The number of nitrogens with zero attached hydrogens (tertiary/aromatic N) is 1. The van der Waals surface area contributed by atoms with E-state index in [1.165, 1.54) is 70.6 Å². The lowest BCUT2D eigenvalue weighted by atomic mass is 9.93. The zero-order chi connectivity index (χ0) is 30.2. The van der Waals surface area contributed by atoms with Gasteiger partial charge in [0, 0.05) is 19.3 Å². The molecule has 0 aromatic heterocycles. The summed E-state index contributed by atoms with van der Waals surface area (Å²) < 4.78 is -0.470. The fourth-order valence-electron chi connectivity index (χ4n) is 6.43. The third kappa shape index (κ3) is 14.1. The molecule has 0 saturated carbocycles. The number of hydrogen-bond acceptors (Lipinski definition) is 4. The number of carboxylic acids is 3. The Morgan fingerprint density at radius 2 is 0.925 bits per heavy atom. The number of quaternary nitrogens is 1. The Morgan fingerprint density at radius 1 is 0.575 bits per heavy atom. The molecule has 0 aliphatic rings. The van der Waals surface area contributed by atoms with Crippen LogP contribution in [0.1, 0.15) is 156 Å². The maximum Gasteiger partial charge on any atom is 0.362 e. The predicted octanol–water partition coefficient (Wildman–Crippen LogP) is 7.27. The molecule has 0 aliphatic heterocycles. The molecule has 0 spiro atoms. The quantitative estimate of drug-likeness (QED) is 0.0584. The third-order valence-corrected chi connectivity index (χ3v) is 8.55. The highest BCUT2D eigenvalue weighted by molar-refractivity contribution is 5.77. The maximum absolute atomic E-state index is 12.2. The normalized spacial score (nSPS) is 15.5. The molecule has 0 aromatic carbocycles. The number of hydrogen-bond donors (Lipinski definition) is 2. The number of carbonyl (C=O) groups excluding carboxylic acids is 1. The van der Waals surface area contributed by atoms with Crippen LogP contribution in [-0.4, -0.2) is 57.3 Å². The molecule has 0 fully saturated rings. The van der Waals surface area contributed by atoms with Gasteiger partial charge < -0.3 is 20.1 Å². The van der Waals surface area contributed by atoms with E-state index < -0.39 is 40.5 Å². The van der Waals surface area contributed by atoms with Crippen LogP contribution in [0.15, 0.2) is 12.2 Å². The lowest BCUT2D eigenvalue weighted by molar-refractivity contribution is -0.974. The molecular weight excluding hydrogens is 506 g/mol. The molecule has 0 rings (SSSR count). The Balaban J connectivity index is 4.53. The number of carboxylic acid groups (broad SMARTS) is 3. The third-order valence-electron chi connectivity index (χ3n) is 8.55. The van der Waals surface area contributed by atoms with Crippen molar-refractivity contribution >= 4 is 17.9 Å². The van der Waals surface area contributed by atoms with Gasteiger partial charge in [0.25, 0.3) is 0 Å². The SMILES string of the molecule is CCCCCCCCCC/C=C/CCCCCCCCC[N+](C(CC)C(=O)[O-])(C(CC)C(=O)O)C(CC)C(=O)O. The van der Waals surface area contributed by atoms with Crippen molar-refractivity contribution in [1.29, 1.82) is 0 Å². The summed E-state index contributed by atoms with van der Waals surface area (Å²) in [7, 11) is 0. The van der Waals surface area contributed by atoms with Crippen LogP contribution >= 0.6 is 0 Å². The van der Waals surface area contributed by atoms with Gasteiger partial charge in [-0.3, -0.25) is 4.48 Å². The molecule has 7 nitrogen and oxygen atoms in total. The summed E-state index contributed by atoms with van der Waals surface area (Å²) in [4.78, 5) is 36.6. The summed E-state index contributed by atoms with van der Waals surface area (Å²) in [5.41, 5.74) is 0. The van der Waals surface area contributed by atoms with Crippen LogP contribution in [-0.2, 0) is 14.4 Å². The van der Waals surface area contributed by atoms with E-state index in [4.69, 9.17) is 0 Å². The highest BCUT2D eigenvalue weighted by Gasteiger charge is 2.53. The second kappa shape index (κ2) is 23.8. The Labute approximate surface area is 245 Å². The zero-order valence-electron chi connectivity index (χ0n) is 26.2.